The number of carbonyl (C=O) groups excluding carboxylic acids is 1. The first-order valence-corrected chi connectivity index (χ1v) is 7.74. The van der Waals surface area contributed by atoms with Crippen LogP contribution in [0.25, 0.3) is 0 Å². The van der Waals surface area contributed by atoms with Crippen LogP contribution in [0.2, 0.25) is 0 Å². The fourth-order valence-electron chi connectivity index (χ4n) is 4.43. The van der Waals surface area contributed by atoms with Gasteiger partial charge in [0, 0.05) is 12.2 Å². The Hall–Kier alpha value is -1.09. The number of carbonyl (C=O) groups is 1. The summed E-state index contributed by atoms with van der Waals surface area (Å²) in [6, 6.07) is 0. The maximum atomic E-state index is 11.2. The first-order chi connectivity index (χ1) is 9.66. The van der Waals surface area contributed by atoms with Crippen LogP contribution in [-0.2, 0) is 14.3 Å². The van der Waals surface area contributed by atoms with Crippen molar-refractivity contribution >= 4 is 5.97 Å². The first kappa shape index (κ1) is 13.9. The van der Waals surface area contributed by atoms with Gasteiger partial charge in [-0.05, 0) is 55.8 Å². The van der Waals surface area contributed by atoms with E-state index in [9.17, 15) is 4.79 Å². The molecule has 3 aliphatic rings. The second-order valence-corrected chi connectivity index (χ2v) is 6.55. The smallest absolute Gasteiger partial charge is 0.333 e. The molecule has 0 saturated heterocycles. The fourth-order valence-corrected chi connectivity index (χ4v) is 4.43. The third-order valence-electron chi connectivity index (χ3n) is 5.29. The van der Waals surface area contributed by atoms with Crippen molar-refractivity contribution in [3.05, 3.63) is 24.3 Å². The van der Waals surface area contributed by atoms with Gasteiger partial charge in [-0.2, -0.15) is 0 Å². The minimum Gasteiger partial charge on any atom is -0.460 e. The number of fused-ring (bicyclic) bond motifs is 5. The van der Waals surface area contributed by atoms with E-state index in [1.165, 1.54) is 19.3 Å². The zero-order valence-corrected chi connectivity index (χ0v) is 12.2. The van der Waals surface area contributed by atoms with E-state index < -0.39 is 0 Å². The predicted octanol–water partition coefficient (Wildman–Crippen LogP) is 2.97. The number of hydrogen-bond acceptors (Lipinski definition) is 3. The molecule has 3 aliphatic carbocycles. The molecule has 0 aromatic heterocycles. The second kappa shape index (κ2) is 5.72. The van der Waals surface area contributed by atoms with Gasteiger partial charge in [-0.15, -0.1) is 0 Å². The lowest BCUT2D eigenvalue weighted by molar-refractivity contribution is -0.140. The lowest BCUT2D eigenvalue weighted by Crippen LogP contribution is -2.27. The summed E-state index contributed by atoms with van der Waals surface area (Å²) in [5.74, 6) is 3.90. The van der Waals surface area contributed by atoms with Crippen molar-refractivity contribution in [2.75, 3.05) is 19.8 Å². The third kappa shape index (κ3) is 2.56. The summed E-state index contributed by atoms with van der Waals surface area (Å²) >= 11 is 0. The average molecular weight is 276 g/mol. The number of rotatable bonds is 6. The highest BCUT2D eigenvalue weighted by molar-refractivity contribution is 5.86. The van der Waals surface area contributed by atoms with Crippen molar-refractivity contribution in [1.82, 2.24) is 0 Å². The van der Waals surface area contributed by atoms with E-state index in [-0.39, 0.29) is 5.97 Å². The van der Waals surface area contributed by atoms with E-state index in [0.29, 0.717) is 24.7 Å². The van der Waals surface area contributed by atoms with Crippen LogP contribution < -0.4 is 0 Å². The molecule has 0 aliphatic heterocycles. The van der Waals surface area contributed by atoms with Crippen LogP contribution in [0.1, 0.15) is 26.2 Å². The van der Waals surface area contributed by atoms with Crippen molar-refractivity contribution in [2.24, 2.45) is 29.6 Å². The molecule has 2 bridgehead atoms. The monoisotopic (exact) mass is 276 g/mol. The highest BCUT2D eigenvalue weighted by atomic mass is 16.6. The van der Waals surface area contributed by atoms with Gasteiger partial charge in [-0.3, -0.25) is 0 Å². The molecular formula is C17H24O3. The molecule has 0 amide bonds. The van der Waals surface area contributed by atoms with Crippen molar-refractivity contribution in [2.45, 2.75) is 26.2 Å². The van der Waals surface area contributed by atoms with Crippen LogP contribution in [0.15, 0.2) is 24.3 Å². The number of hydrogen-bond donors (Lipinski definition) is 0. The maximum absolute atomic E-state index is 11.2. The van der Waals surface area contributed by atoms with E-state index in [0.717, 1.165) is 30.3 Å². The zero-order valence-electron chi connectivity index (χ0n) is 12.2. The summed E-state index contributed by atoms with van der Waals surface area (Å²) in [5.41, 5.74) is 0.442. The van der Waals surface area contributed by atoms with E-state index in [2.05, 4.69) is 18.7 Å². The van der Waals surface area contributed by atoms with Gasteiger partial charge < -0.3 is 9.47 Å². The lowest BCUT2D eigenvalue weighted by atomic mass is 9.76. The highest BCUT2D eigenvalue weighted by Gasteiger charge is 2.52. The number of ether oxygens (including phenoxy) is 2. The quantitative estimate of drug-likeness (QED) is 0.324. The van der Waals surface area contributed by atoms with Gasteiger partial charge in [0.2, 0.25) is 0 Å². The van der Waals surface area contributed by atoms with Gasteiger partial charge in [-0.1, -0.05) is 18.7 Å². The van der Waals surface area contributed by atoms with Gasteiger partial charge in [0.05, 0.1) is 6.61 Å². The summed E-state index contributed by atoms with van der Waals surface area (Å²) in [6.45, 7) is 6.86. The number of esters is 1. The Labute approximate surface area is 121 Å². The molecule has 0 spiro atoms. The molecule has 0 N–H and O–H groups in total. The second-order valence-electron chi connectivity index (χ2n) is 6.55. The van der Waals surface area contributed by atoms with Crippen LogP contribution in [0, 0.1) is 29.6 Å². The number of allylic oxidation sites excluding steroid dienone is 2. The molecule has 20 heavy (non-hydrogen) atoms. The molecular weight excluding hydrogens is 252 g/mol. The molecule has 0 aromatic rings. The highest BCUT2D eigenvalue weighted by Crippen LogP contribution is 2.58. The third-order valence-corrected chi connectivity index (χ3v) is 5.29. The first-order valence-electron chi connectivity index (χ1n) is 7.74. The predicted molar refractivity (Wildman–Crippen MR) is 77.0 cm³/mol. The largest absolute Gasteiger partial charge is 0.460 e. The Balaban J connectivity index is 1.35. The van der Waals surface area contributed by atoms with Crippen LogP contribution in [0.4, 0.5) is 0 Å². The molecule has 2 saturated carbocycles. The molecule has 0 heterocycles. The maximum Gasteiger partial charge on any atom is 0.333 e. The van der Waals surface area contributed by atoms with Crippen molar-refractivity contribution in [3.8, 4) is 0 Å². The standard InChI is InChI=1S/C17H24O3/c1-11(2)17(18)20-7-6-19-10-13-8-12-9-16(13)15-5-3-4-14(12)15/h3,5,12-16H,1,4,6-10H2,2H3. The summed E-state index contributed by atoms with van der Waals surface area (Å²) < 4.78 is 10.7. The molecule has 110 valence electrons. The minimum atomic E-state index is -0.326. The normalized spacial score (nSPS) is 37.1. The van der Waals surface area contributed by atoms with Gasteiger partial charge in [-0.25, -0.2) is 4.79 Å². The van der Waals surface area contributed by atoms with Crippen molar-refractivity contribution < 1.29 is 14.3 Å². The van der Waals surface area contributed by atoms with Gasteiger partial charge in [0.15, 0.2) is 0 Å². The van der Waals surface area contributed by atoms with Gasteiger partial charge in [0.1, 0.15) is 6.61 Å². The van der Waals surface area contributed by atoms with E-state index in [1.807, 2.05) is 0 Å². The molecule has 0 aromatic carbocycles. The van der Waals surface area contributed by atoms with Crippen LogP contribution in [0.3, 0.4) is 0 Å². The minimum absolute atomic E-state index is 0.326. The molecule has 2 fully saturated rings. The van der Waals surface area contributed by atoms with Crippen LogP contribution >= 0.6 is 0 Å². The SMILES string of the molecule is C=C(C)C(=O)OCCOCC1CC2CC1C1C=CCC21. The molecule has 3 heteroatoms. The van der Waals surface area contributed by atoms with Crippen molar-refractivity contribution in [1.29, 1.82) is 0 Å². The summed E-state index contributed by atoms with van der Waals surface area (Å²) in [5, 5.41) is 0. The molecule has 3 nitrogen and oxygen atoms in total. The Bertz CT molecular complexity index is 426. The van der Waals surface area contributed by atoms with Gasteiger partial charge >= 0.3 is 5.97 Å². The average Bonchev–Trinajstić information content (AvgIpc) is 3.09. The van der Waals surface area contributed by atoms with Crippen molar-refractivity contribution in [3.63, 3.8) is 0 Å². The van der Waals surface area contributed by atoms with E-state index in [1.54, 1.807) is 6.92 Å². The Morgan fingerprint density at radius 2 is 2.15 bits per heavy atom. The van der Waals surface area contributed by atoms with E-state index >= 15 is 0 Å². The molecule has 3 rings (SSSR count). The zero-order chi connectivity index (χ0) is 14.1. The summed E-state index contributed by atoms with van der Waals surface area (Å²) in [6.07, 6.45) is 8.85. The van der Waals surface area contributed by atoms with Crippen LogP contribution in [-0.4, -0.2) is 25.8 Å². The topological polar surface area (TPSA) is 35.5 Å². The van der Waals surface area contributed by atoms with Crippen LogP contribution in [0.5, 0.6) is 0 Å². The van der Waals surface area contributed by atoms with Gasteiger partial charge in [0.25, 0.3) is 0 Å². The molecule has 5 unspecified atom stereocenters. The Morgan fingerprint density at radius 1 is 1.30 bits per heavy atom. The summed E-state index contributed by atoms with van der Waals surface area (Å²) in [4.78, 5) is 11.2. The Morgan fingerprint density at radius 3 is 2.95 bits per heavy atom. The van der Waals surface area contributed by atoms with E-state index in [4.69, 9.17) is 9.47 Å². The Kier molecular flexibility index (Phi) is 3.97. The molecule has 0 radical (unpaired) electrons. The lowest BCUT2D eigenvalue weighted by Gasteiger charge is -2.31. The fraction of sp³-hybridized carbons (Fsp3) is 0.706. The molecule has 5 atom stereocenters. The summed E-state index contributed by atoms with van der Waals surface area (Å²) in [7, 11) is 0.